The van der Waals surface area contributed by atoms with Crippen LogP contribution in [0.25, 0.3) is 0 Å². The van der Waals surface area contributed by atoms with E-state index in [1.54, 1.807) is 21.3 Å². The zero-order valence-corrected chi connectivity index (χ0v) is 16.3. The highest BCUT2D eigenvalue weighted by atomic mass is 35.5. The average molecular weight is 373 g/mol. The molecule has 25 heavy (non-hydrogen) atoms. The molecule has 1 unspecified atom stereocenters. The van der Waals surface area contributed by atoms with Gasteiger partial charge in [0.1, 0.15) is 0 Å². The van der Waals surface area contributed by atoms with Crippen LogP contribution < -0.4 is 19.5 Å². The van der Waals surface area contributed by atoms with Gasteiger partial charge in [-0.3, -0.25) is 4.79 Å². The number of hydrogen-bond acceptors (Lipinski definition) is 5. The minimum absolute atomic E-state index is 0. The number of methoxy groups -OCH3 is 3. The van der Waals surface area contributed by atoms with Crippen LogP contribution in [0.5, 0.6) is 17.2 Å². The van der Waals surface area contributed by atoms with E-state index in [0.717, 1.165) is 31.6 Å². The van der Waals surface area contributed by atoms with Crippen LogP contribution in [0, 0.1) is 5.92 Å². The first-order valence-electron chi connectivity index (χ1n) is 8.34. The second-order valence-corrected chi connectivity index (χ2v) is 6.09. The number of hydrogen-bond donors (Lipinski definition) is 1. The summed E-state index contributed by atoms with van der Waals surface area (Å²) in [7, 11) is 6.73. The molecular formula is C18H29ClN2O4. The molecule has 142 valence electrons. The van der Waals surface area contributed by atoms with E-state index in [0.29, 0.717) is 36.0 Å². The highest BCUT2D eigenvalue weighted by Crippen LogP contribution is 2.38. The molecule has 1 saturated heterocycles. The van der Waals surface area contributed by atoms with E-state index in [2.05, 4.69) is 5.32 Å². The average Bonchev–Trinajstić information content (AvgIpc) is 3.07. The third-order valence-electron chi connectivity index (χ3n) is 4.48. The third-order valence-corrected chi connectivity index (χ3v) is 4.48. The zero-order valence-electron chi connectivity index (χ0n) is 15.5. The summed E-state index contributed by atoms with van der Waals surface area (Å²) < 4.78 is 16.0. The molecule has 0 spiro atoms. The summed E-state index contributed by atoms with van der Waals surface area (Å²) in [6, 6.07) is 3.81. The second kappa shape index (κ2) is 10.4. The Kier molecular flexibility index (Phi) is 8.86. The topological polar surface area (TPSA) is 60.0 Å². The van der Waals surface area contributed by atoms with Crippen molar-refractivity contribution in [3.05, 3.63) is 17.7 Å². The molecule has 1 aliphatic rings. The van der Waals surface area contributed by atoms with Gasteiger partial charge in [0.25, 0.3) is 0 Å². The fraction of sp³-hybridized carbons (Fsp3) is 0.611. The lowest BCUT2D eigenvalue weighted by molar-refractivity contribution is -0.130. The van der Waals surface area contributed by atoms with Crippen molar-refractivity contribution in [3.63, 3.8) is 0 Å². The standard InChI is InChI=1S/C18H28N2O4.ClH/c1-19-11-14-7-8-20(12-14)17(21)6-5-13-9-15(22-2)18(24-4)16(10-13)23-3;/h9-10,14,19H,5-8,11-12H2,1-4H3;1H. The molecule has 2 rings (SSSR count). The van der Waals surface area contributed by atoms with Crippen molar-refractivity contribution < 1.29 is 19.0 Å². The summed E-state index contributed by atoms with van der Waals surface area (Å²) in [5, 5.41) is 3.19. The van der Waals surface area contributed by atoms with Crippen LogP contribution in [0.1, 0.15) is 18.4 Å². The number of benzene rings is 1. The highest BCUT2D eigenvalue weighted by Gasteiger charge is 2.25. The zero-order chi connectivity index (χ0) is 17.5. The summed E-state index contributed by atoms with van der Waals surface area (Å²) >= 11 is 0. The van der Waals surface area contributed by atoms with E-state index in [1.807, 2.05) is 24.1 Å². The van der Waals surface area contributed by atoms with E-state index in [4.69, 9.17) is 14.2 Å². The van der Waals surface area contributed by atoms with Gasteiger partial charge < -0.3 is 24.4 Å². The van der Waals surface area contributed by atoms with Crippen LogP contribution >= 0.6 is 12.4 Å². The largest absolute Gasteiger partial charge is 0.493 e. The number of rotatable bonds is 8. The normalized spacial score (nSPS) is 16.3. The summed E-state index contributed by atoms with van der Waals surface area (Å²) in [5.41, 5.74) is 1.00. The van der Waals surface area contributed by atoms with Crippen LogP contribution in [0.4, 0.5) is 0 Å². The number of aryl methyl sites for hydroxylation is 1. The quantitative estimate of drug-likeness (QED) is 0.757. The molecule has 0 saturated carbocycles. The van der Waals surface area contributed by atoms with Crippen molar-refractivity contribution in [2.24, 2.45) is 5.92 Å². The fourth-order valence-electron chi connectivity index (χ4n) is 3.20. The smallest absolute Gasteiger partial charge is 0.222 e. The molecule has 1 aromatic carbocycles. The van der Waals surface area contributed by atoms with Gasteiger partial charge in [-0.15, -0.1) is 12.4 Å². The third kappa shape index (κ3) is 5.41. The lowest BCUT2D eigenvalue weighted by atomic mass is 10.1. The molecule has 0 aliphatic carbocycles. The van der Waals surface area contributed by atoms with Gasteiger partial charge in [-0.25, -0.2) is 0 Å². The molecular weight excluding hydrogens is 344 g/mol. The van der Waals surface area contributed by atoms with Crippen LogP contribution in [0.15, 0.2) is 12.1 Å². The molecule has 6 nitrogen and oxygen atoms in total. The lowest BCUT2D eigenvalue weighted by Gasteiger charge is -2.17. The maximum Gasteiger partial charge on any atom is 0.222 e. The Morgan fingerprint density at radius 1 is 1.20 bits per heavy atom. The Bertz CT molecular complexity index is 543. The first-order valence-corrected chi connectivity index (χ1v) is 8.34. The van der Waals surface area contributed by atoms with Crippen molar-refractivity contribution in [2.45, 2.75) is 19.3 Å². The first-order chi connectivity index (χ1) is 11.6. The van der Waals surface area contributed by atoms with Crippen molar-refractivity contribution in [2.75, 3.05) is 48.0 Å². The molecule has 0 bridgehead atoms. The Hall–Kier alpha value is -1.66. The van der Waals surface area contributed by atoms with Crippen LogP contribution in [-0.4, -0.2) is 58.8 Å². The summed E-state index contributed by atoms with van der Waals surface area (Å²) in [4.78, 5) is 14.4. The van der Waals surface area contributed by atoms with Gasteiger partial charge in [0.2, 0.25) is 11.7 Å². The van der Waals surface area contributed by atoms with E-state index in [1.165, 1.54) is 0 Å². The van der Waals surface area contributed by atoms with Gasteiger partial charge in [-0.2, -0.15) is 0 Å². The summed E-state index contributed by atoms with van der Waals surface area (Å²) in [6.07, 6.45) is 2.23. The fourth-order valence-corrected chi connectivity index (χ4v) is 3.20. The van der Waals surface area contributed by atoms with Gasteiger partial charge >= 0.3 is 0 Å². The number of likely N-dealkylation sites (tertiary alicyclic amines) is 1. The number of amides is 1. The maximum absolute atomic E-state index is 12.4. The number of halogens is 1. The van der Waals surface area contributed by atoms with Gasteiger partial charge in [0.15, 0.2) is 11.5 Å². The number of carbonyl (C=O) groups excluding carboxylic acids is 1. The molecule has 0 radical (unpaired) electrons. The number of carbonyl (C=O) groups is 1. The van der Waals surface area contributed by atoms with Crippen LogP contribution in [-0.2, 0) is 11.2 Å². The minimum Gasteiger partial charge on any atom is -0.493 e. The Morgan fingerprint density at radius 3 is 2.36 bits per heavy atom. The molecule has 1 fully saturated rings. The predicted octanol–water partition coefficient (Wildman–Crippen LogP) is 2.13. The van der Waals surface area contributed by atoms with Gasteiger partial charge in [-0.05, 0) is 50.0 Å². The Morgan fingerprint density at radius 2 is 1.84 bits per heavy atom. The first kappa shape index (κ1) is 21.4. The maximum atomic E-state index is 12.4. The molecule has 1 aliphatic heterocycles. The molecule has 7 heteroatoms. The van der Waals surface area contributed by atoms with E-state index >= 15 is 0 Å². The lowest BCUT2D eigenvalue weighted by Crippen LogP contribution is -2.30. The molecule has 0 aromatic heterocycles. The monoisotopic (exact) mass is 372 g/mol. The predicted molar refractivity (Wildman–Crippen MR) is 100 cm³/mol. The van der Waals surface area contributed by atoms with Crippen LogP contribution in [0.3, 0.4) is 0 Å². The highest BCUT2D eigenvalue weighted by molar-refractivity contribution is 5.85. The molecule has 1 aromatic rings. The molecule has 1 amide bonds. The Balaban J connectivity index is 0.00000312. The van der Waals surface area contributed by atoms with Gasteiger partial charge in [0, 0.05) is 19.5 Å². The van der Waals surface area contributed by atoms with Crippen molar-refractivity contribution >= 4 is 18.3 Å². The second-order valence-electron chi connectivity index (χ2n) is 6.09. The van der Waals surface area contributed by atoms with Crippen molar-refractivity contribution in [1.29, 1.82) is 0 Å². The van der Waals surface area contributed by atoms with Gasteiger partial charge in [0.05, 0.1) is 21.3 Å². The van der Waals surface area contributed by atoms with E-state index in [9.17, 15) is 4.79 Å². The summed E-state index contributed by atoms with van der Waals surface area (Å²) in [6.45, 7) is 2.69. The van der Waals surface area contributed by atoms with E-state index < -0.39 is 0 Å². The minimum atomic E-state index is 0. The number of nitrogens with one attached hydrogen (secondary N) is 1. The molecule has 1 atom stereocenters. The van der Waals surface area contributed by atoms with Crippen molar-refractivity contribution in [1.82, 2.24) is 10.2 Å². The number of ether oxygens (including phenoxy) is 3. The summed E-state index contributed by atoms with van der Waals surface area (Å²) in [5.74, 6) is 2.59. The Labute approximate surface area is 156 Å². The SMILES string of the molecule is CNCC1CCN(C(=O)CCc2cc(OC)c(OC)c(OC)c2)C1.Cl. The van der Waals surface area contributed by atoms with E-state index in [-0.39, 0.29) is 18.3 Å². The number of nitrogens with zero attached hydrogens (tertiary/aromatic N) is 1. The van der Waals surface area contributed by atoms with Crippen molar-refractivity contribution in [3.8, 4) is 17.2 Å². The molecule has 1 N–H and O–H groups in total. The van der Waals surface area contributed by atoms with Gasteiger partial charge in [-0.1, -0.05) is 0 Å². The van der Waals surface area contributed by atoms with Crippen LogP contribution in [0.2, 0.25) is 0 Å². The molecule has 1 heterocycles.